The van der Waals surface area contributed by atoms with E-state index in [2.05, 4.69) is 31.1 Å². The molecule has 0 spiro atoms. The zero-order valence-electron chi connectivity index (χ0n) is 16.5. The normalized spacial score (nSPS) is 13.7. The molecule has 2 aromatic heterocycles. The van der Waals surface area contributed by atoms with Crippen LogP contribution in [0.1, 0.15) is 43.0 Å². The second-order valence-electron chi connectivity index (χ2n) is 6.64. The summed E-state index contributed by atoms with van der Waals surface area (Å²) in [6.07, 6.45) is 6.64. The van der Waals surface area contributed by atoms with Gasteiger partial charge in [-0.25, -0.2) is 9.98 Å². The Morgan fingerprint density at radius 3 is 2.74 bits per heavy atom. The van der Waals surface area contributed by atoms with Crippen LogP contribution in [0, 0.1) is 6.92 Å². The average molecular weight is 506 g/mol. The predicted octanol–water partition coefficient (Wildman–Crippen LogP) is 2.59. The van der Waals surface area contributed by atoms with Gasteiger partial charge in [-0.1, -0.05) is 0 Å². The third-order valence-corrected chi connectivity index (χ3v) is 5.02. The molecule has 0 fully saturated rings. The molecule has 2 rings (SSSR count). The van der Waals surface area contributed by atoms with Crippen LogP contribution in [0.3, 0.4) is 0 Å². The molecule has 0 aliphatic rings. The van der Waals surface area contributed by atoms with Crippen molar-refractivity contribution in [2.75, 3.05) is 19.6 Å². The predicted molar refractivity (Wildman–Crippen MR) is 122 cm³/mol. The lowest BCUT2D eigenvalue weighted by atomic mass is 10.0. The van der Waals surface area contributed by atoms with Gasteiger partial charge in [-0.05, 0) is 40.0 Å². The fourth-order valence-electron chi connectivity index (χ4n) is 2.49. The smallest absolute Gasteiger partial charge is 0.191 e. The Morgan fingerprint density at radius 2 is 2.15 bits per heavy atom. The van der Waals surface area contributed by atoms with Crippen molar-refractivity contribution in [3.05, 3.63) is 34.0 Å². The summed E-state index contributed by atoms with van der Waals surface area (Å²) in [6, 6.07) is 0. The number of aliphatic hydroxyl groups is 1. The Labute approximate surface area is 182 Å². The van der Waals surface area contributed by atoms with Crippen LogP contribution in [-0.2, 0) is 19.1 Å². The van der Waals surface area contributed by atoms with Crippen LogP contribution in [-0.4, -0.2) is 45.5 Å². The minimum Gasteiger partial charge on any atom is -0.383 e. The molecule has 0 radical (unpaired) electrons. The topological polar surface area (TPSA) is 87.4 Å². The number of aromatic nitrogens is 3. The Bertz CT molecular complexity index is 712. The summed E-state index contributed by atoms with van der Waals surface area (Å²) in [5, 5.41) is 24.6. The van der Waals surface area contributed by atoms with E-state index in [-0.39, 0.29) is 30.5 Å². The Kier molecular flexibility index (Phi) is 10.2. The molecule has 0 bridgehead atoms. The highest BCUT2D eigenvalue weighted by Gasteiger charge is 2.24. The molecule has 0 aromatic carbocycles. The van der Waals surface area contributed by atoms with Gasteiger partial charge in [0.1, 0.15) is 5.60 Å². The molecule has 0 aliphatic heterocycles. The molecule has 3 N–H and O–H groups in total. The van der Waals surface area contributed by atoms with Gasteiger partial charge < -0.3 is 15.7 Å². The molecule has 2 aromatic rings. The largest absolute Gasteiger partial charge is 0.383 e. The number of aliphatic imine (C=N–C) groups is 1. The van der Waals surface area contributed by atoms with Crippen LogP contribution in [0.25, 0.3) is 0 Å². The summed E-state index contributed by atoms with van der Waals surface area (Å²) in [6.45, 7) is 7.70. The number of thiazole rings is 1. The number of halogens is 1. The maximum atomic E-state index is 10.6. The number of nitrogens with one attached hydrogen (secondary N) is 2. The van der Waals surface area contributed by atoms with E-state index in [0.29, 0.717) is 0 Å². The van der Waals surface area contributed by atoms with Crippen LogP contribution in [0.2, 0.25) is 0 Å². The monoisotopic (exact) mass is 506 g/mol. The van der Waals surface area contributed by atoms with E-state index >= 15 is 0 Å². The SMILES string of the molecule is CCNC(=NCC(C)(O)c1cnn(C)c1)NCCCCc1nc(C)cs1.I. The summed E-state index contributed by atoms with van der Waals surface area (Å²) < 4.78 is 1.68. The zero-order valence-corrected chi connectivity index (χ0v) is 19.7. The van der Waals surface area contributed by atoms with Gasteiger partial charge in [0.2, 0.25) is 0 Å². The summed E-state index contributed by atoms with van der Waals surface area (Å²) in [5.41, 5.74) is 0.822. The molecule has 1 unspecified atom stereocenters. The summed E-state index contributed by atoms with van der Waals surface area (Å²) in [5.74, 6) is 0.724. The van der Waals surface area contributed by atoms with Crippen LogP contribution in [0.5, 0.6) is 0 Å². The van der Waals surface area contributed by atoms with Gasteiger partial charge in [0.15, 0.2) is 5.96 Å². The lowest BCUT2D eigenvalue weighted by Crippen LogP contribution is -2.39. The molecule has 0 saturated heterocycles. The Morgan fingerprint density at radius 1 is 1.37 bits per heavy atom. The van der Waals surface area contributed by atoms with Crippen LogP contribution in [0.15, 0.2) is 22.8 Å². The van der Waals surface area contributed by atoms with Gasteiger partial charge >= 0.3 is 0 Å². The first-order chi connectivity index (χ1) is 12.4. The van der Waals surface area contributed by atoms with E-state index in [0.717, 1.165) is 49.6 Å². The number of aryl methyl sites for hydroxylation is 3. The molecule has 0 saturated carbocycles. The van der Waals surface area contributed by atoms with Crippen molar-refractivity contribution in [3.63, 3.8) is 0 Å². The first-order valence-corrected chi connectivity index (χ1v) is 9.93. The summed E-state index contributed by atoms with van der Waals surface area (Å²) >= 11 is 1.73. The van der Waals surface area contributed by atoms with E-state index in [4.69, 9.17) is 0 Å². The Hall–Kier alpha value is -1.20. The molecule has 2 heterocycles. The molecule has 7 nitrogen and oxygen atoms in total. The summed E-state index contributed by atoms with van der Waals surface area (Å²) in [4.78, 5) is 9.01. The first kappa shape index (κ1) is 23.8. The van der Waals surface area contributed by atoms with Crippen LogP contribution < -0.4 is 10.6 Å². The van der Waals surface area contributed by atoms with Crippen molar-refractivity contribution < 1.29 is 5.11 Å². The number of hydrogen-bond acceptors (Lipinski definition) is 5. The fraction of sp³-hybridized carbons (Fsp3) is 0.611. The second kappa shape index (κ2) is 11.6. The standard InChI is InChI=1S/C18H30N6OS.HI/c1-5-19-17(20-9-7-6-8-16-23-14(2)12-26-16)21-13-18(3,25)15-10-22-24(4)11-15;/h10-12,25H,5-9,13H2,1-4H3,(H2,19,20,21);1H. The van der Waals surface area contributed by atoms with Gasteiger partial charge in [-0.15, -0.1) is 35.3 Å². The third kappa shape index (κ3) is 8.14. The van der Waals surface area contributed by atoms with E-state index < -0.39 is 5.60 Å². The highest BCUT2D eigenvalue weighted by molar-refractivity contribution is 14.0. The second-order valence-corrected chi connectivity index (χ2v) is 7.58. The van der Waals surface area contributed by atoms with Crippen molar-refractivity contribution >= 4 is 41.3 Å². The number of unbranched alkanes of at least 4 members (excludes halogenated alkanes) is 1. The highest BCUT2D eigenvalue weighted by atomic mass is 127. The number of nitrogens with zero attached hydrogens (tertiary/aromatic N) is 4. The van der Waals surface area contributed by atoms with Crippen molar-refractivity contribution in [3.8, 4) is 0 Å². The Balaban J connectivity index is 0.00000364. The third-order valence-electron chi connectivity index (χ3n) is 3.99. The van der Waals surface area contributed by atoms with Crippen molar-refractivity contribution in [1.82, 2.24) is 25.4 Å². The van der Waals surface area contributed by atoms with Crippen molar-refractivity contribution in [2.24, 2.45) is 12.0 Å². The number of rotatable bonds is 9. The highest BCUT2D eigenvalue weighted by Crippen LogP contribution is 2.19. The first-order valence-electron chi connectivity index (χ1n) is 9.05. The summed E-state index contributed by atoms with van der Waals surface area (Å²) in [7, 11) is 1.83. The van der Waals surface area contributed by atoms with Gasteiger partial charge in [-0.3, -0.25) is 4.68 Å². The van der Waals surface area contributed by atoms with Gasteiger partial charge in [0.05, 0.1) is 17.7 Å². The van der Waals surface area contributed by atoms with E-state index in [1.807, 2.05) is 27.1 Å². The van der Waals surface area contributed by atoms with E-state index in [1.54, 1.807) is 29.1 Å². The van der Waals surface area contributed by atoms with Crippen molar-refractivity contribution in [2.45, 2.75) is 45.6 Å². The molecular formula is C18H31IN6OS. The molecule has 0 aliphatic carbocycles. The number of hydrogen-bond donors (Lipinski definition) is 3. The molecule has 1 atom stereocenters. The zero-order chi connectivity index (χ0) is 19.0. The van der Waals surface area contributed by atoms with E-state index in [9.17, 15) is 5.11 Å². The van der Waals surface area contributed by atoms with Crippen molar-refractivity contribution in [1.29, 1.82) is 0 Å². The minimum absolute atomic E-state index is 0. The van der Waals surface area contributed by atoms with Crippen LogP contribution >= 0.6 is 35.3 Å². The van der Waals surface area contributed by atoms with E-state index in [1.165, 1.54) is 5.01 Å². The maximum Gasteiger partial charge on any atom is 0.191 e. The molecular weight excluding hydrogens is 475 g/mol. The van der Waals surface area contributed by atoms with Crippen LogP contribution in [0.4, 0.5) is 0 Å². The quantitative estimate of drug-likeness (QED) is 0.211. The molecule has 0 amide bonds. The van der Waals surface area contributed by atoms with Gasteiger partial charge in [-0.2, -0.15) is 5.10 Å². The number of guanidine groups is 1. The average Bonchev–Trinajstić information content (AvgIpc) is 3.21. The molecule has 27 heavy (non-hydrogen) atoms. The van der Waals surface area contributed by atoms with Gasteiger partial charge in [0.25, 0.3) is 0 Å². The lowest BCUT2D eigenvalue weighted by Gasteiger charge is -2.20. The minimum atomic E-state index is -1.04. The fourth-order valence-corrected chi connectivity index (χ4v) is 3.31. The maximum absolute atomic E-state index is 10.6. The molecule has 9 heteroatoms. The lowest BCUT2D eigenvalue weighted by molar-refractivity contribution is 0.0672. The van der Waals surface area contributed by atoms with Gasteiger partial charge in [0, 0.05) is 43.0 Å². The molecule has 152 valence electrons.